The Bertz CT molecular complexity index is 494. The number of carbonyl (C=O) groups is 4. The van der Waals surface area contributed by atoms with Gasteiger partial charge in [0, 0.05) is 46.1 Å². The summed E-state index contributed by atoms with van der Waals surface area (Å²) in [5.41, 5.74) is 0. The van der Waals surface area contributed by atoms with Gasteiger partial charge >= 0.3 is 6.09 Å². The molecule has 9 nitrogen and oxygen atoms in total. The van der Waals surface area contributed by atoms with E-state index in [1.807, 2.05) is 13.8 Å². The Morgan fingerprint density at radius 2 is 1.70 bits per heavy atom. The van der Waals surface area contributed by atoms with E-state index in [0.29, 0.717) is 32.6 Å². The maximum absolute atomic E-state index is 12.4. The van der Waals surface area contributed by atoms with Gasteiger partial charge in [0.1, 0.15) is 11.8 Å². The van der Waals surface area contributed by atoms with Gasteiger partial charge in [-0.15, -0.1) is 0 Å². The van der Waals surface area contributed by atoms with Crippen molar-refractivity contribution in [2.75, 3.05) is 46.9 Å². The minimum absolute atomic E-state index is 0.0371. The predicted octanol–water partition coefficient (Wildman–Crippen LogP) is 0.387. The number of carbonyl (C=O) groups excluding carboxylic acids is 4. The van der Waals surface area contributed by atoms with E-state index in [0.717, 1.165) is 0 Å². The van der Waals surface area contributed by atoms with E-state index >= 15 is 0 Å². The average molecular weight is 386 g/mol. The second kappa shape index (κ2) is 14.0. The van der Waals surface area contributed by atoms with Crippen molar-refractivity contribution >= 4 is 23.7 Å². The van der Waals surface area contributed by atoms with Crippen LogP contribution in [0.25, 0.3) is 0 Å². The third-order valence-corrected chi connectivity index (χ3v) is 4.10. The topological polar surface area (TPSA) is 108 Å². The molecule has 0 radical (unpaired) electrons. The number of Topliss-reactive ketones (excluding diaryl/α,β-unsaturated/α-hetero) is 1. The molecule has 0 rings (SSSR count). The molecule has 0 bridgehead atoms. The summed E-state index contributed by atoms with van der Waals surface area (Å²) in [6.07, 6.45) is 0.0361. The van der Waals surface area contributed by atoms with E-state index in [-0.39, 0.29) is 37.0 Å². The Kier molecular flexibility index (Phi) is 12.8. The summed E-state index contributed by atoms with van der Waals surface area (Å²) >= 11 is 0. The summed E-state index contributed by atoms with van der Waals surface area (Å²) in [7, 11) is 3.28. The smallest absolute Gasteiger partial charge is 0.409 e. The third-order valence-electron chi connectivity index (χ3n) is 4.10. The largest absolute Gasteiger partial charge is 0.449 e. The van der Waals surface area contributed by atoms with Crippen LogP contribution in [0.4, 0.5) is 4.79 Å². The van der Waals surface area contributed by atoms with E-state index in [1.54, 1.807) is 11.9 Å². The standard InChI is InChI=1S/C18H34N4O5/c1-6-22(7-2)18(26)27-12-8-9-16(24)21(5)15(13-14(3)23)17(25)20-11-10-19-4/h15,19H,6-13H2,1-5H3,(H,20,25)/t15-/m0/s1. The highest BCUT2D eigenvalue weighted by molar-refractivity contribution is 5.91. The van der Waals surface area contributed by atoms with Gasteiger partial charge in [0.15, 0.2) is 0 Å². The first-order valence-electron chi connectivity index (χ1n) is 9.37. The Morgan fingerprint density at radius 1 is 1.07 bits per heavy atom. The van der Waals surface area contributed by atoms with Crippen molar-refractivity contribution in [1.29, 1.82) is 0 Å². The molecule has 0 aliphatic carbocycles. The van der Waals surface area contributed by atoms with E-state index < -0.39 is 12.1 Å². The summed E-state index contributed by atoms with van der Waals surface area (Å²) in [6, 6.07) is -0.843. The predicted molar refractivity (Wildman–Crippen MR) is 102 cm³/mol. The summed E-state index contributed by atoms with van der Waals surface area (Å²) < 4.78 is 5.13. The van der Waals surface area contributed by atoms with E-state index in [1.165, 1.54) is 18.9 Å². The summed E-state index contributed by atoms with van der Waals surface area (Å²) in [5.74, 6) is -0.801. The first-order chi connectivity index (χ1) is 12.8. The first-order valence-corrected chi connectivity index (χ1v) is 9.37. The van der Waals surface area contributed by atoms with E-state index in [4.69, 9.17) is 4.74 Å². The molecule has 0 unspecified atom stereocenters. The molecule has 0 aliphatic heterocycles. The number of likely N-dealkylation sites (N-methyl/N-ethyl adjacent to an activating group) is 2. The molecule has 0 aliphatic rings. The van der Waals surface area contributed by atoms with Gasteiger partial charge in [-0.3, -0.25) is 14.4 Å². The number of nitrogens with one attached hydrogen (secondary N) is 2. The van der Waals surface area contributed by atoms with Crippen molar-refractivity contribution in [1.82, 2.24) is 20.4 Å². The molecule has 0 fully saturated rings. The van der Waals surface area contributed by atoms with Crippen LogP contribution in [0.5, 0.6) is 0 Å². The Labute approximate surface area is 161 Å². The molecular weight excluding hydrogens is 352 g/mol. The van der Waals surface area contributed by atoms with Crippen LogP contribution in [0.1, 0.15) is 40.0 Å². The SMILES string of the molecule is CCN(CC)C(=O)OCCCC(=O)N(C)[C@@H](CC(C)=O)C(=O)NCCNC. The highest BCUT2D eigenvalue weighted by Gasteiger charge is 2.27. The fourth-order valence-electron chi connectivity index (χ4n) is 2.41. The molecule has 0 saturated heterocycles. The van der Waals surface area contributed by atoms with Crippen LogP contribution in [-0.2, 0) is 19.1 Å². The molecule has 2 N–H and O–H groups in total. The fourth-order valence-corrected chi connectivity index (χ4v) is 2.41. The highest BCUT2D eigenvalue weighted by atomic mass is 16.6. The molecule has 3 amide bonds. The number of amides is 3. The molecular formula is C18H34N4O5. The van der Waals surface area contributed by atoms with Crippen molar-refractivity contribution in [3.63, 3.8) is 0 Å². The number of rotatable bonds is 13. The Hall–Kier alpha value is -2.16. The van der Waals surface area contributed by atoms with Crippen molar-refractivity contribution in [3.05, 3.63) is 0 Å². The lowest BCUT2D eigenvalue weighted by Gasteiger charge is -2.27. The number of nitrogens with zero attached hydrogens (tertiary/aromatic N) is 2. The Morgan fingerprint density at radius 3 is 2.22 bits per heavy atom. The van der Waals surface area contributed by atoms with Crippen molar-refractivity contribution in [2.45, 2.75) is 46.1 Å². The third kappa shape index (κ3) is 9.93. The molecule has 0 spiro atoms. The Balaban J connectivity index is 4.54. The van der Waals surface area contributed by atoms with Crippen molar-refractivity contribution < 1.29 is 23.9 Å². The van der Waals surface area contributed by atoms with Crippen molar-refractivity contribution in [3.8, 4) is 0 Å². The normalized spacial score (nSPS) is 11.4. The van der Waals surface area contributed by atoms with Gasteiger partial charge in [-0.2, -0.15) is 0 Å². The van der Waals surface area contributed by atoms with Crippen LogP contribution >= 0.6 is 0 Å². The second-order valence-corrected chi connectivity index (χ2v) is 6.21. The van der Waals surface area contributed by atoms with Crippen LogP contribution in [-0.4, -0.2) is 86.4 Å². The minimum Gasteiger partial charge on any atom is -0.449 e. The zero-order chi connectivity index (χ0) is 20.8. The molecule has 1 atom stereocenters. The van der Waals surface area contributed by atoms with Gasteiger partial charge in [0.25, 0.3) is 0 Å². The van der Waals surface area contributed by atoms with E-state index in [2.05, 4.69) is 10.6 Å². The number of hydrogen-bond donors (Lipinski definition) is 2. The van der Waals surface area contributed by atoms with Gasteiger partial charge in [-0.25, -0.2) is 4.79 Å². The zero-order valence-corrected chi connectivity index (χ0v) is 17.2. The van der Waals surface area contributed by atoms with Crippen LogP contribution in [0, 0.1) is 0 Å². The quantitative estimate of drug-likeness (QED) is 0.443. The highest BCUT2D eigenvalue weighted by Crippen LogP contribution is 2.08. The molecule has 156 valence electrons. The molecule has 9 heteroatoms. The van der Waals surface area contributed by atoms with Gasteiger partial charge in [0.05, 0.1) is 6.61 Å². The summed E-state index contributed by atoms with van der Waals surface area (Å²) in [6.45, 7) is 7.36. The summed E-state index contributed by atoms with van der Waals surface area (Å²) in [4.78, 5) is 50.7. The molecule has 0 heterocycles. The zero-order valence-electron chi connectivity index (χ0n) is 17.2. The number of ketones is 1. The van der Waals surface area contributed by atoms with Gasteiger partial charge in [-0.05, 0) is 34.2 Å². The molecule has 0 aromatic heterocycles. The van der Waals surface area contributed by atoms with Crippen LogP contribution in [0.2, 0.25) is 0 Å². The fraction of sp³-hybridized carbons (Fsp3) is 0.778. The lowest BCUT2D eigenvalue weighted by Crippen LogP contribution is -2.49. The molecule has 0 aromatic carbocycles. The monoisotopic (exact) mass is 386 g/mol. The van der Waals surface area contributed by atoms with Crippen molar-refractivity contribution in [2.24, 2.45) is 0 Å². The lowest BCUT2D eigenvalue weighted by atomic mass is 10.1. The summed E-state index contributed by atoms with van der Waals surface area (Å²) in [5, 5.41) is 5.62. The number of hydrogen-bond acceptors (Lipinski definition) is 6. The maximum Gasteiger partial charge on any atom is 0.409 e. The van der Waals surface area contributed by atoms with Gasteiger partial charge in [0.2, 0.25) is 11.8 Å². The lowest BCUT2D eigenvalue weighted by molar-refractivity contribution is -0.140. The minimum atomic E-state index is -0.843. The average Bonchev–Trinajstić information content (AvgIpc) is 2.63. The van der Waals surface area contributed by atoms with Crippen LogP contribution in [0.15, 0.2) is 0 Å². The molecule has 0 saturated carbocycles. The van der Waals surface area contributed by atoms with Crippen LogP contribution < -0.4 is 10.6 Å². The van der Waals surface area contributed by atoms with Gasteiger partial charge < -0.3 is 25.2 Å². The molecule has 0 aromatic rings. The van der Waals surface area contributed by atoms with E-state index in [9.17, 15) is 19.2 Å². The molecule has 27 heavy (non-hydrogen) atoms. The van der Waals surface area contributed by atoms with Crippen LogP contribution in [0.3, 0.4) is 0 Å². The number of ether oxygens (including phenoxy) is 1. The van der Waals surface area contributed by atoms with Gasteiger partial charge in [-0.1, -0.05) is 0 Å². The second-order valence-electron chi connectivity index (χ2n) is 6.21. The first kappa shape index (κ1) is 24.8. The maximum atomic E-state index is 12.4.